The lowest BCUT2D eigenvalue weighted by atomic mass is 9.98. The second kappa shape index (κ2) is 7.78. The van der Waals surface area contributed by atoms with Crippen LogP contribution in [0.3, 0.4) is 0 Å². The van der Waals surface area contributed by atoms with Gasteiger partial charge in [0.05, 0.1) is 16.6 Å². The van der Waals surface area contributed by atoms with Crippen molar-refractivity contribution in [3.8, 4) is 11.8 Å². The fourth-order valence-corrected chi connectivity index (χ4v) is 2.80. The van der Waals surface area contributed by atoms with Crippen molar-refractivity contribution in [2.75, 3.05) is 12.8 Å². The van der Waals surface area contributed by atoms with Crippen molar-refractivity contribution in [3.63, 3.8) is 0 Å². The van der Waals surface area contributed by atoms with E-state index in [1.807, 2.05) is 0 Å². The molecule has 1 saturated carbocycles. The van der Waals surface area contributed by atoms with Crippen LogP contribution in [0.4, 0.5) is 14.5 Å². The standard InChI is InChI=1S/C18H19ClF2N6O/c1-27-16(25)15(17(26)28)13(23)3-2-8-4-14(24)9(5-12(8)19)10(7-22)11-6-18(11,20)21/h4-5,7,11H,6,22-24H2,1H3,(H2,25,27)(H2,26,28)/b10-7+,15-13+. The van der Waals surface area contributed by atoms with Gasteiger partial charge in [-0.15, -0.1) is 0 Å². The van der Waals surface area contributed by atoms with E-state index in [9.17, 15) is 13.6 Å². The molecule has 0 spiro atoms. The fraction of sp³-hybridized carbons (Fsp3) is 0.222. The van der Waals surface area contributed by atoms with E-state index in [2.05, 4.69) is 16.8 Å². The molecule has 1 atom stereocenters. The second-order valence-corrected chi connectivity index (χ2v) is 6.48. The van der Waals surface area contributed by atoms with Crippen molar-refractivity contribution >= 4 is 34.6 Å². The number of hydrogen-bond acceptors (Lipinski definition) is 5. The normalized spacial score (nSPS) is 19.4. The first-order valence-electron chi connectivity index (χ1n) is 7.96. The van der Waals surface area contributed by atoms with E-state index < -0.39 is 17.7 Å². The molecular weight excluding hydrogens is 390 g/mol. The van der Waals surface area contributed by atoms with Gasteiger partial charge < -0.3 is 28.7 Å². The number of benzene rings is 1. The summed E-state index contributed by atoms with van der Waals surface area (Å²) in [6.45, 7) is 0. The molecule has 148 valence electrons. The predicted molar refractivity (Wildman–Crippen MR) is 106 cm³/mol. The molecular formula is C18H19ClF2N6O. The van der Waals surface area contributed by atoms with E-state index in [-0.39, 0.29) is 45.4 Å². The third-order valence-corrected chi connectivity index (χ3v) is 4.49. The van der Waals surface area contributed by atoms with Gasteiger partial charge in [0, 0.05) is 30.3 Å². The Balaban J connectivity index is 2.45. The fourth-order valence-electron chi connectivity index (χ4n) is 2.59. The van der Waals surface area contributed by atoms with Gasteiger partial charge in [-0.3, -0.25) is 9.79 Å². The molecule has 1 aliphatic carbocycles. The first-order valence-corrected chi connectivity index (χ1v) is 8.34. The molecule has 1 unspecified atom stereocenters. The topological polar surface area (TPSA) is 160 Å². The molecule has 1 aliphatic rings. The van der Waals surface area contributed by atoms with Crippen LogP contribution in [0.25, 0.3) is 5.57 Å². The lowest BCUT2D eigenvalue weighted by molar-refractivity contribution is -0.114. The van der Waals surface area contributed by atoms with Crippen molar-refractivity contribution in [2.45, 2.75) is 12.3 Å². The highest BCUT2D eigenvalue weighted by atomic mass is 35.5. The molecule has 0 bridgehead atoms. The number of anilines is 1. The zero-order valence-electron chi connectivity index (χ0n) is 14.9. The van der Waals surface area contributed by atoms with Gasteiger partial charge in [0.15, 0.2) is 0 Å². The molecule has 0 aliphatic heterocycles. The molecule has 10 heteroatoms. The highest BCUT2D eigenvalue weighted by Crippen LogP contribution is 2.56. The van der Waals surface area contributed by atoms with Gasteiger partial charge in [-0.05, 0) is 29.8 Å². The summed E-state index contributed by atoms with van der Waals surface area (Å²) in [6, 6.07) is 2.81. The molecule has 0 heterocycles. The maximum Gasteiger partial charge on any atom is 0.256 e. The van der Waals surface area contributed by atoms with Crippen molar-refractivity contribution in [3.05, 3.63) is 45.8 Å². The Morgan fingerprint density at radius 1 is 1.36 bits per heavy atom. The Morgan fingerprint density at radius 2 is 1.96 bits per heavy atom. The van der Waals surface area contributed by atoms with Crippen molar-refractivity contribution < 1.29 is 13.6 Å². The summed E-state index contributed by atoms with van der Waals surface area (Å²) in [4.78, 5) is 15.1. The first kappa shape index (κ1) is 21.1. The molecule has 1 amide bonds. The number of carbonyl (C=O) groups is 1. The van der Waals surface area contributed by atoms with Crippen LogP contribution in [-0.2, 0) is 4.79 Å². The van der Waals surface area contributed by atoms with Gasteiger partial charge in [-0.1, -0.05) is 17.5 Å². The predicted octanol–water partition coefficient (Wildman–Crippen LogP) is 0.914. The number of amides is 1. The SMILES string of the molecule is CN=C(N)/C(C(N)=O)=C(\N)C#Cc1cc(N)c(/C(=C\N)C2CC2(F)F)cc1Cl. The van der Waals surface area contributed by atoms with Crippen LogP contribution < -0.4 is 28.7 Å². The summed E-state index contributed by atoms with van der Waals surface area (Å²) in [5.41, 5.74) is 28.6. The van der Waals surface area contributed by atoms with Crippen LogP contribution in [0.2, 0.25) is 5.02 Å². The number of aliphatic imine (C=N–C) groups is 1. The van der Waals surface area contributed by atoms with E-state index in [0.717, 1.165) is 6.20 Å². The van der Waals surface area contributed by atoms with Crippen LogP contribution in [0, 0.1) is 17.8 Å². The van der Waals surface area contributed by atoms with Crippen LogP contribution in [-0.4, -0.2) is 24.7 Å². The molecule has 28 heavy (non-hydrogen) atoms. The Kier molecular flexibility index (Phi) is 5.85. The number of nitrogens with two attached hydrogens (primary N) is 5. The number of rotatable bonds is 4. The molecule has 0 aromatic heterocycles. The highest BCUT2D eigenvalue weighted by molar-refractivity contribution is 6.32. The molecule has 1 aromatic rings. The number of carbonyl (C=O) groups excluding carboxylic acids is 1. The number of primary amides is 1. The lowest BCUT2D eigenvalue weighted by Gasteiger charge is -2.11. The maximum atomic E-state index is 13.4. The summed E-state index contributed by atoms with van der Waals surface area (Å²) >= 11 is 6.20. The van der Waals surface area contributed by atoms with Crippen molar-refractivity contribution in [2.24, 2.45) is 33.8 Å². The van der Waals surface area contributed by atoms with Crippen LogP contribution in [0.5, 0.6) is 0 Å². The number of amidine groups is 1. The van der Waals surface area contributed by atoms with Crippen molar-refractivity contribution in [1.29, 1.82) is 0 Å². The van der Waals surface area contributed by atoms with Crippen LogP contribution >= 0.6 is 11.6 Å². The summed E-state index contributed by atoms with van der Waals surface area (Å²) in [7, 11) is 1.36. The van der Waals surface area contributed by atoms with Gasteiger partial charge in [0.2, 0.25) is 0 Å². The van der Waals surface area contributed by atoms with Gasteiger partial charge in [-0.2, -0.15) is 0 Å². The molecule has 0 radical (unpaired) electrons. The lowest BCUT2D eigenvalue weighted by Crippen LogP contribution is -2.29. The Hall–Kier alpha value is -3.25. The van der Waals surface area contributed by atoms with E-state index in [4.69, 9.17) is 40.3 Å². The number of hydrogen-bond donors (Lipinski definition) is 5. The molecule has 0 saturated heterocycles. The number of halogens is 3. The summed E-state index contributed by atoms with van der Waals surface area (Å²) in [5.74, 6) is 0.308. The van der Waals surface area contributed by atoms with E-state index in [1.165, 1.54) is 19.2 Å². The molecule has 2 rings (SSSR count). The minimum atomic E-state index is -2.81. The molecule has 7 nitrogen and oxygen atoms in total. The summed E-state index contributed by atoms with van der Waals surface area (Å²) < 4.78 is 26.8. The summed E-state index contributed by atoms with van der Waals surface area (Å²) in [5, 5.41) is 0.144. The minimum absolute atomic E-state index is 0.144. The molecule has 1 aromatic carbocycles. The number of alkyl halides is 2. The quantitative estimate of drug-likeness (QED) is 0.164. The van der Waals surface area contributed by atoms with Crippen molar-refractivity contribution in [1.82, 2.24) is 0 Å². The molecule has 1 fully saturated rings. The minimum Gasteiger partial charge on any atom is -0.404 e. The van der Waals surface area contributed by atoms with Gasteiger partial charge >= 0.3 is 0 Å². The monoisotopic (exact) mass is 408 g/mol. The second-order valence-electron chi connectivity index (χ2n) is 6.07. The number of allylic oxidation sites excluding steroid dienone is 2. The van der Waals surface area contributed by atoms with Crippen LogP contribution in [0.15, 0.2) is 34.6 Å². The Bertz CT molecular complexity index is 988. The Morgan fingerprint density at radius 3 is 2.43 bits per heavy atom. The third-order valence-electron chi connectivity index (χ3n) is 4.18. The van der Waals surface area contributed by atoms with Gasteiger partial charge in [-0.25, -0.2) is 8.78 Å². The van der Waals surface area contributed by atoms with E-state index in [0.29, 0.717) is 5.56 Å². The zero-order valence-corrected chi connectivity index (χ0v) is 15.6. The average Bonchev–Trinajstić information content (AvgIpc) is 3.24. The van der Waals surface area contributed by atoms with E-state index >= 15 is 0 Å². The summed E-state index contributed by atoms with van der Waals surface area (Å²) in [6.07, 6.45) is 0.804. The van der Waals surface area contributed by atoms with Gasteiger partial charge in [0.1, 0.15) is 11.4 Å². The zero-order chi connectivity index (χ0) is 21.2. The maximum absolute atomic E-state index is 13.4. The molecule has 10 N–H and O–H groups in total. The number of nitrogens with zero attached hydrogens (tertiary/aromatic N) is 1. The van der Waals surface area contributed by atoms with E-state index in [1.54, 1.807) is 0 Å². The largest absolute Gasteiger partial charge is 0.404 e. The first-order chi connectivity index (χ1) is 13.0. The third kappa shape index (κ3) is 4.18. The highest BCUT2D eigenvalue weighted by Gasteiger charge is 2.58. The number of nitrogen functional groups attached to an aromatic ring is 1. The Labute approximate surface area is 165 Å². The van der Waals surface area contributed by atoms with Gasteiger partial charge in [0.25, 0.3) is 11.8 Å². The average molecular weight is 409 g/mol. The smallest absolute Gasteiger partial charge is 0.256 e. The van der Waals surface area contributed by atoms with Crippen LogP contribution in [0.1, 0.15) is 17.5 Å².